The van der Waals surface area contributed by atoms with Crippen LogP contribution in [0.5, 0.6) is 11.5 Å². The minimum absolute atomic E-state index is 0.335. The van der Waals surface area contributed by atoms with Crippen LogP contribution in [-0.4, -0.2) is 19.4 Å². The van der Waals surface area contributed by atoms with Crippen LogP contribution in [0, 0.1) is 13.8 Å². The van der Waals surface area contributed by atoms with Gasteiger partial charge >= 0.3 is 0 Å². The van der Waals surface area contributed by atoms with Crippen molar-refractivity contribution in [3.63, 3.8) is 0 Å². The summed E-state index contributed by atoms with van der Waals surface area (Å²) in [6.45, 7) is 8.39. The lowest BCUT2D eigenvalue weighted by Crippen LogP contribution is -2.47. The molecule has 0 aromatic heterocycles. The highest BCUT2D eigenvalue weighted by molar-refractivity contribution is 6.89. The monoisotopic (exact) mass is 286 g/mol. The predicted octanol–water partition coefficient (Wildman–Crippen LogP) is 3.54. The van der Waals surface area contributed by atoms with Crippen molar-refractivity contribution in [3.05, 3.63) is 53.6 Å². The molecule has 0 atom stereocenters. The molecule has 106 valence electrons. The Bertz CT molecular complexity index is 591. The molecular weight excluding hydrogens is 264 g/mol. The molecule has 0 aliphatic heterocycles. The maximum atomic E-state index is 9.96. The summed E-state index contributed by atoms with van der Waals surface area (Å²) in [6.07, 6.45) is 0.709. The second kappa shape index (κ2) is 5.71. The molecule has 0 unspecified atom stereocenters. The smallest absolute Gasteiger partial charge is 0.125 e. The van der Waals surface area contributed by atoms with Gasteiger partial charge in [-0.3, -0.25) is 0 Å². The molecule has 0 saturated carbocycles. The van der Waals surface area contributed by atoms with Crippen LogP contribution in [-0.2, 0) is 0 Å². The Hall–Kier alpha value is -1.74. The van der Waals surface area contributed by atoms with Gasteiger partial charge in [0.15, 0.2) is 0 Å². The van der Waals surface area contributed by atoms with Gasteiger partial charge in [-0.25, -0.2) is 0 Å². The van der Waals surface area contributed by atoms with E-state index in [1.165, 1.54) is 5.19 Å². The number of hydrogen-bond acceptors (Lipinski definition) is 2. The lowest BCUT2D eigenvalue weighted by Gasteiger charge is -2.24. The molecule has 20 heavy (non-hydrogen) atoms. The van der Waals surface area contributed by atoms with Crippen molar-refractivity contribution < 1.29 is 9.84 Å². The first kappa shape index (κ1) is 14.7. The fraction of sp³-hybridized carbons (Fsp3) is 0.294. The predicted molar refractivity (Wildman–Crippen MR) is 86.6 cm³/mol. The number of rotatable bonds is 4. The van der Waals surface area contributed by atoms with Gasteiger partial charge in [-0.2, -0.15) is 0 Å². The van der Waals surface area contributed by atoms with Gasteiger partial charge in [0.05, 0.1) is 6.23 Å². The van der Waals surface area contributed by atoms with Gasteiger partial charge in [-0.15, -0.1) is 0 Å². The Kier molecular flexibility index (Phi) is 4.19. The number of ether oxygens (including phenoxy) is 1. The van der Waals surface area contributed by atoms with Crippen molar-refractivity contribution in [2.45, 2.75) is 26.9 Å². The quantitative estimate of drug-likeness (QED) is 0.871. The van der Waals surface area contributed by atoms with Gasteiger partial charge in [0, 0.05) is 5.56 Å². The zero-order valence-corrected chi connectivity index (χ0v) is 13.6. The van der Waals surface area contributed by atoms with E-state index in [0.717, 1.165) is 16.9 Å². The third kappa shape index (κ3) is 3.04. The van der Waals surface area contributed by atoms with Gasteiger partial charge in [0.1, 0.15) is 19.6 Å². The van der Waals surface area contributed by atoms with Crippen LogP contribution in [0.1, 0.15) is 11.1 Å². The minimum atomic E-state index is -1.62. The molecule has 2 nitrogen and oxygen atoms in total. The molecular formula is C17H22O2Si. The Labute approximate surface area is 122 Å². The maximum absolute atomic E-state index is 9.96. The Morgan fingerprint density at radius 2 is 1.65 bits per heavy atom. The van der Waals surface area contributed by atoms with Crippen LogP contribution in [0.15, 0.2) is 42.5 Å². The standard InChI is InChI=1S/C17H22O2Si/c1-13-10-11-16(14(2)17(13)18)19-12-20(3,4)15-8-6-5-7-9-15/h5-11,18H,12H2,1-4H3. The van der Waals surface area contributed by atoms with Gasteiger partial charge in [0.2, 0.25) is 0 Å². The van der Waals surface area contributed by atoms with Crippen LogP contribution in [0.3, 0.4) is 0 Å². The van der Waals surface area contributed by atoms with Crippen LogP contribution >= 0.6 is 0 Å². The van der Waals surface area contributed by atoms with Gasteiger partial charge in [-0.05, 0) is 25.5 Å². The zero-order chi connectivity index (χ0) is 14.8. The summed E-state index contributed by atoms with van der Waals surface area (Å²) in [7, 11) is -1.62. The van der Waals surface area contributed by atoms with Gasteiger partial charge < -0.3 is 9.84 Å². The van der Waals surface area contributed by atoms with E-state index in [2.05, 4.69) is 37.4 Å². The van der Waals surface area contributed by atoms with Crippen molar-refractivity contribution in [1.29, 1.82) is 0 Å². The summed E-state index contributed by atoms with van der Waals surface area (Å²) in [5.41, 5.74) is 1.71. The first-order valence-electron chi connectivity index (χ1n) is 6.89. The number of aryl methyl sites for hydroxylation is 1. The molecule has 0 amide bonds. The Balaban J connectivity index is 2.15. The van der Waals surface area contributed by atoms with Crippen LogP contribution in [0.4, 0.5) is 0 Å². The number of hydrogen-bond donors (Lipinski definition) is 1. The number of phenolic OH excluding ortho intramolecular Hbond substituents is 1. The van der Waals surface area contributed by atoms with E-state index in [4.69, 9.17) is 4.74 Å². The summed E-state index contributed by atoms with van der Waals surface area (Å²) in [5, 5.41) is 11.3. The first-order chi connectivity index (χ1) is 9.42. The summed E-state index contributed by atoms with van der Waals surface area (Å²) in [4.78, 5) is 0. The zero-order valence-electron chi connectivity index (χ0n) is 12.6. The molecule has 1 N–H and O–H groups in total. The molecule has 0 saturated heterocycles. The summed E-state index contributed by atoms with van der Waals surface area (Å²) in [5.74, 6) is 1.12. The molecule has 2 aromatic rings. The fourth-order valence-electron chi connectivity index (χ4n) is 2.20. The van der Waals surface area contributed by atoms with Gasteiger partial charge in [-0.1, -0.05) is 54.7 Å². The molecule has 2 rings (SSSR count). The first-order valence-corrected chi connectivity index (χ1v) is 10.1. The lowest BCUT2D eigenvalue weighted by atomic mass is 10.1. The minimum Gasteiger partial charge on any atom is -0.507 e. The van der Waals surface area contributed by atoms with E-state index in [0.29, 0.717) is 12.0 Å². The highest BCUT2D eigenvalue weighted by atomic mass is 28.3. The van der Waals surface area contributed by atoms with Crippen molar-refractivity contribution in [3.8, 4) is 11.5 Å². The van der Waals surface area contributed by atoms with E-state index >= 15 is 0 Å². The van der Waals surface area contributed by atoms with E-state index in [-0.39, 0.29) is 0 Å². The molecule has 2 aromatic carbocycles. The second-order valence-corrected chi connectivity index (χ2v) is 10.5. The van der Waals surface area contributed by atoms with E-state index < -0.39 is 8.07 Å². The lowest BCUT2D eigenvalue weighted by molar-refractivity contribution is 0.370. The summed E-state index contributed by atoms with van der Waals surface area (Å²) < 4.78 is 5.99. The average molecular weight is 286 g/mol. The second-order valence-electron chi connectivity index (χ2n) is 5.89. The van der Waals surface area contributed by atoms with E-state index in [9.17, 15) is 5.11 Å². The molecule has 0 aliphatic carbocycles. The third-order valence-electron chi connectivity index (χ3n) is 3.73. The van der Waals surface area contributed by atoms with E-state index in [1.807, 2.05) is 32.0 Å². The fourth-order valence-corrected chi connectivity index (χ4v) is 3.98. The summed E-state index contributed by atoms with van der Waals surface area (Å²) >= 11 is 0. The van der Waals surface area contributed by atoms with Crippen LogP contribution < -0.4 is 9.92 Å². The topological polar surface area (TPSA) is 29.5 Å². The van der Waals surface area contributed by atoms with Crippen LogP contribution in [0.2, 0.25) is 13.1 Å². The molecule has 3 heteroatoms. The maximum Gasteiger partial charge on any atom is 0.125 e. The largest absolute Gasteiger partial charge is 0.507 e. The Morgan fingerprint density at radius 3 is 2.30 bits per heavy atom. The average Bonchev–Trinajstić information content (AvgIpc) is 2.45. The SMILES string of the molecule is Cc1ccc(OC[Si](C)(C)c2ccccc2)c(C)c1O. The molecule has 0 heterocycles. The van der Waals surface area contributed by atoms with Gasteiger partial charge in [0.25, 0.3) is 0 Å². The van der Waals surface area contributed by atoms with Crippen LogP contribution in [0.25, 0.3) is 0 Å². The molecule has 0 spiro atoms. The molecule has 0 aliphatic rings. The molecule has 0 fully saturated rings. The van der Waals surface area contributed by atoms with E-state index in [1.54, 1.807) is 0 Å². The molecule has 0 radical (unpaired) electrons. The number of phenols is 1. The molecule has 0 bridgehead atoms. The van der Waals surface area contributed by atoms with Crippen molar-refractivity contribution >= 4 is 13.3 Å². The van der Waals surface area contributed by atoms with Crippen molar-refractivity contribution in [2.24, 2.45) is 0 Å². The summed E-state index contributed by atoms with van der Waals surface area (Å²) in [6, 6.07) is 14.4. The Morgan fingerprint density at radius 1 is 1.00 bits per heavy atom. The number of aromatic hydroxyl groups is 1. The highest BCUT2D eigenvalue weighted by Crippen LogP contribution is 2.30. The highest BCUT2D eigenvalue weighted by Gasteiger charge is 2.24. The third-order valence-corrected chi connectivity index (χ3v) is 6.49. The van der Waals surface area contributed by atoms with Crippen molar-refractivity contribution in [2.75, 3.05) is 6.23 Å². The number of benzene rings is 2. The normalized spacial score (nSPS) is 11.4. The van der Waals surface area contributed by atoms with Crippen molar-refractivity contribution in [1.82, 2.24) is 0 Å².